The van der Waals surface area contributed by atoms with E-state index < -0.39 is 0 Å². The maximum absolute atomic E-state index is 8.70. The Balaban J connectivity index is 0.000000212. The van der Waals surface area contributed by atoms with Gasteiger partial charge in [-0.3, -0.25) is 5.10 Å². The van der Waals surface area contributed by atoms with Gasteiger partial charge in [0.25, 0.3) is 0 Å². The lowest BCUT2D eigenvalue weighted by atomic mass is 9.99. The summed E-state index contributed by atoms with van der Waals surface area (Å²) in [6, 6.07) is 10.3. The summed E-state index contributed by atoms with van der Waals surface area (Å²) in [5.74, 6) is 0.473. The second kappa shape index (κ2) is 7.59. The Labute approximate surface area is 95.3 Å². The summed E-state index contributed by atoms with van der Waals surface area (Å²) in [6.07, 6.45) is 4.09. The second-order valence-electron chi connectivity index (χ2n) is 3.48. The zero-order valence-corrected chi connectivity index (χ0v) is 9.37. The Morgan fingerprint density at radius 3 is 2.50 bits per heavy atom. The molecule has 1 atom stereocenters. The van der Waals surface area contributed by atoms with E-state index in [-0.39, 0.29) is 6.61 Å². The summed E-state index contributed by atoms with van der Waals surface area (Å²) in [5.41, 5.74) is 1.31. The van der Waals surface area contributed by atoms with E-state index in [1.54, 1.807) is 12.4 Å². The van der Waals surface area contributed by atoms with Crippen LogP contribution in [0.15, 0.2) is 42.7 Å². The Hall–Kier alpha value is -1.68. The average molecular weight is 219 g/mol. The van der Waals surface area contributed by atoms with E-state index in [1.165, 1.54) is 5.56 Å². The number of hydrogen-bond acceptors (Lipinski definition) is 3. The maximum Gasteiger partial charge on any atom is 0.0690 e. The zero-order chi connectivity index (χ0) is 11.6. The molecule has 4 heteroatoms. The van der Waals surface area contributed by atoms with Gasteiger partial charge in [-0.05, 0) is 17.9 Å². The Kier molecular flexibility index (Phi) is 5.88. The first kappa shape index (κ1) is 12.4. The van der Waals surface area contributed by atoms with Crippen molar-refractivity contribution < 1.29 is 5.11 Å². The predicted octanol–water partition coefficient (Wildman–Crippen LogP) is 1.98. The molecule has 0 radical (unpaired) electrons. The normalized spacial score (nSPS) is 11.4. The molecule has 1 unspecified atom stereocenters. The fourth-order valence-corrected chi connectivity index (χ4v) is 1.31. The van der Waals surface area contributed by atoms with Crippen LogP contribution in [0, 0.1) is 0 Å². The van der Waals surface area contributed by atoms with Gasteiger partial charge >= 0.3 is 0 Å². The smallest absolute Gasteiger partial charge is 0.0690 e. The number of nitrogens with zero attached hydrogens (tertiary/aromatic N) is 2. The molecule has 0 bridgehead atoms. The molecule has 4 nitrogen and oxygen atoms in total. The SMILES string of the molecule is CC(CCO)c1ccccc1.c1c[nH]nn1. The van der Waals surface area contributed by atoms with Gasteiger partial charge in [-0.2, -0.15) is 0 Å². The molecule has 86 valence electrons. The maximum atomic E-state index is 8.70. The largest absolute Gasteiger partial charge is 0.396 e. The van der Waals surface area contributed by atoms with Crippen LogP contribution in [0.4, 0.5) is 0 Å². The molecule has 1 aromatic heterocycles. The van der Waals surface area contributed by atoms with E-state index in [2.05, 4.69) is 34.5 Å². The average Bonchev–Trinajstić information content (AvgIpc) is 2.89. The quantitative estimate of drug-likeness (QED) is 0.829. The molecule has 0 saturated heterocycles. The molecule has 0 saturated carbocycles. The Morgan fingerprint density at radius 1 is 1.31 bits per heavy atom. The van der Waals surface area contributed by atoms with Crippen molar-refractivity contribution in [1.82, 2.24) is 15.4 Å². The number of benzene rings is 1. The monoisotopic (exact) mass is 219 g/mol. The van der Waals surface area contributed by atoms with E-state index in [1.807, 2.05) is 18.2 Å². The van der Waals surface area contributed by atoms with Crippen molar-refractivity contribution in [2.24, 2.45) is 0 Å². The molecule has 0 aliphatic heterocycles. The molecule has 2 aromatic rings. The number of hydrogen-bond donors (Lipinski definition) is 2. The Morgan fingerprint density at radius 2 is 2.06 bits per heavy atom. The molecule has 0 aliphatic carbocycles. The Bertz CT molecular complexity index is 330. The molecule has 1 aromatic carbocycles. The third-order valence-corrected chi connectivity index (χ3v) is 2.26. The molecule has 2 rings (SSSR count). The lowest BCUT2D eigenvalue weighted by Gasteiger charge is -2.08. The number of aromatic nitrogens is 3. The summed E-state index contributed by atoms with van der Waals surface area (Å²) in [4.78, 5) is 0. The fraction of sp³-hybridized carbons (Fsp3) is 0.333. The first-order valence-corrected chi connectivity index (χ1v) is 5.30. The molecular formula is C12H17N3O. The van der Waals surface area contributed by atoms with E-state index in [0.29, 0.717) is 5.92 Å². The van der Waals surface area contributed by atoms with Crippen molar-refractivity contribution in [1.29, 1.82) is 0 Å². The van der Waals surface area contributed by atoms with Crippen molar-refractivity contribution >= 4 is 0 Å². The molecular weight excluding hydrogens is 202 g/mol. The molecule has 0 fully saturated rings. The van der Waals surface area contributed by atoms with Gasteiger partial charge in [0.1, 0.15) is 0 Å². The van der Waals surface area contributed by atoms with Crippen molar-refractivity contribution in [2.45, 2.75) is 19.3 Å². The van der Waals surface area contributed by atoms with Crippen LogP contribution in [-0.2, 0) is 0 Å². The van der Waals surface area contributed by atoms with Crippen LogP contribution in [-0.4, -0.2) is 27.1 Å². The summed E-state index contributed by atoms with van der Waals surface area (Å²) in [6.45, 7) is 2.40. The van der Waals surface area contributed by atoms with Crippen LogP contribution < -0.4 is 0 Å². The van der Waals surface area contributed by atoms with Gasteiger partial charge in [0.05, 0.1) is 6.20 Å². The highest BCUT2D eigenvalue weighted by Gasteiger charge is 2.01. The van der Waals surface area contributed by atoms with Crippen LogP contribution in [0.5, 0.6) is 0 Å². The first-order chi connectivity index (χ1) is 7.84. The van der Waals surface area contributed by atoms with Crippen molar-refractivity contribution in [3.05, 3.63) is 48.3 Å². The van der Waals surface area contributed by atoms with Crippen molar-refractivity contribution in [3.63, 3.8) is 0 Å². The fourth-order valence-electron chi connectivity index (χ4n) is 1.31. The van der Waals surface area contributed by atoms with Crippen molar-refractivity contribution in [2.75, 3.05) is 6.61 Å². The molecule has 0 amide bonds. The summed E-state index contributed by atoms with van der Waals surface area (Å²) >= 11 is 0. The second-order valence-corrected chi connectivity index (χ2v) is 3.48. The molecule has 0 aliphatic rings. The van der Waals surface area contributed by atoms with Gasteiger partial charge in [-0.1, -0.05) is 42.5 Å². The van der Waals surface area contributed by atoms with E-state index >= 15 is 0 Å². The van der Waals surface area contributed by atoms with Crippen molar-refractivity contribution in [3.8, 4) is 0 Å². The van der Waals surface area contributed by atoms with Gasteiger partial charge in [-0.15, -0.1) is 5.10 Å². The lowest BCUT2D eigenvalue weighted by Crippen LogP contribution is -1.95. The minimum Gasteiger partial charge on any atom is -0.396 e. The van der Waals surface area contributed by atoms with Gasteiger partial charge in [-0.25, -0.2) is 0 Å². The summed E-state index contributed by atoms with van der Waals surface area (Å²) in [7, 11) is 0. The highest BCUT2D eigenvalue weighted by Crippen LogP contribution is 2.17. The summed E-state index contributed by atoms with van der Waals surface area (Å²) < 4.78 is 0. The number of rotatable bonds is 3. The van der Waals surface area contributed by atoms with Gasteiger partial charge in [0.2, 0.25) is 0 Å². The van der Waals surface area contributed by atoms with E-state index in [9.17, 15) is 0 Å². The van der Waals surface area contributed by atoms with Crippen LogP contribution in [0.25, 0.3) is 0 Å². The number of aliphatic hydroxyl groups excluding tert-OH is 1. The highest BCUT2D eigenvalue weighted by molar-refractivity contribution is 5.18. The summed E-state index contributed by atoms with van der Waals surface area (Å²) in [5, 5.41) is 18.0. The van der Waals surface area contributed by atoms with Crippen LogP contribution in [0.2, 0.25) is 0 Å². The van der Waals surface area contributed by atoms with Gasteiger partial charge in [0, 0.05) is 12.8 Å². The number of H-pyrrole nitrogens is 1. The third kappa shape index (κ3) is 4.70. The van der Waals surface area contributed by atoms with Crippen LogP contribution >= 0.6 is 0 Å². The standard InChI is InChI=1S/C10H14O.C2H3N3/c1-9(7-8-11)10-5-3-2-4-6-10;1-2-4-5-3-1/h2-6,9,11H,7-8H2,1H3;1-2H,(H,3,4,5). The highest BCUT2D eigenvalue weighted by atomic mass is 16.3. The minimum absolute atomic E-state index is 0.274. The zero-order valence-electron chi connectivity index (χ0n) is 9.37. The molecule has 1 heterocycles. The third-order valence-electron chi connectivity index (χ3n) is 2.26. The van der Waals surface area contributed by atoms with Crippen LogP contribution in [0.1, 0.15) is 24.8 Å². The number of nitrogens with one attached hydrogen (secondary N) is 1. The lowest BCUT2D eigenvalue weighted by molar-refractivity contribution is 0.278. The van der Waals surface area contributed by atoms with Gasteiger partial charge in [0.15, 0.2) is 0 Å². The minimum atomic E-state index is 0.274. The predicted molar refractivity (Wildman–Crippen MR) is 62.9 cm³/mol. The van der Waals surface area contributed by atoms with Crippen LogP contribution in [0.3, 0.4) is 0 Å². The molecule has 16 heavy (non-hydrogen) atoms. The number of aliphatic hydroxyl groups is 1. The number of aromatic amines is 1. The van der Waals surface area contributed by atoms with Gasteiger partial charge < -0.3 is 5.11 Å². The topological polar surface area (TPSA) is 61.8 Å². The van der Waals surface area contributed by atoms with E-state index in [4.69, 9.17) is 5.11 Å². The van der Waals surface area contributed by atoms with E-state index in [0.717, 1.165) is 6.42 Å². The molecule has 2 N–H and O–H groups in total. The molecule has 0 spiro atoms. The first-order valence-electron chi connectivity index (χ1n) is 5.30.